The first-order valence-electron chi connectivity index (χ1n) is 5.94. The molecule has 0 aliphatic heterocycles. The lowest BCUT2D eigenvalue weighted by Crippen LogP contribution is -2.43. The van der Waals surface area contributed by atoms with Crippen LogP contribution < -0.4 is 0 Å². The van der Waals surface area contributed by atoms with Crippen LogP contribution in [0.15, 0.2) is 0 Å². The minimum absolute atomic E-state index is 0.00940. The Hall–Kier alpha value is -1.06. The van der Waals surface area contributed by atoms with E-state index in [2.05, 4.69) is 0 Å². The molecule has 0 aromatic rings. The summed E-state index contributed by atoms with van der Waals surface area (Å²) in [6, 6.07) is 0. The lowest BCUT2D eigenvalue weighted by Gasteiger charge is -2.42. The molecule has 1 fully saturated rings. The van der Waals surface area contributed by atoms with Gasteiger partial charge in [-0.05, 0) is 31.6 Å². The summed E-state index contributed by atoms with van der Waals surface area (Å²) in [5.74, 6) is -1.91. The van der Waals surface area contributed by atoms with Crippen LogP contribution in [0, 0.1) is 17.3 Å². The van der Waals surface area contributed by atoms with E-state index in [1.807, 2.05) is 13.8 Å². The molecule has 0 aromatic heterocycles. The van der Waals surface area contributed by atoms with Crippen molar-refractivity contribution >= 4 is 11.9 Å². The predicted octanol–water partition coefficient (Wildman–Crippen LogP) is 2.38. The van der Waals surface area contributed by atoms with Crippen molar-refractivity contribution in [2.75, 3.05) is 0 Å². The number of rotatable bonds is 4. The van der Waals surface area contributed by atoms with Gasteiger partial charge in [-0.25, -0.2) is 0 Å². The van der Waals surface area contributed by atoms with Gasteiger partial charge in [-0.3, -0.25) is 9.59 Å². The van der Waals surface area contributed by atoms with Gasteiger partial charge in [-0.2, -0.15) is 0 Å². The first-order valence-corrected chi connectivity index (χ1v) is 5.94. The van der Waals surface area contributed by atoms with E-state index >= 15 is 0 Å². The third-order valence-corrected chi connectivity index (χ3v) is 4.19. The molecule has 4 nitrogen and oxygen atoms in total. The number of carboxylic acids is 2. The van der Waals surface area contributed by atoms with Crippen LogP contribution >= 0.6 is 0 Å². The first-order chi connectivity index (χ1) is 7.47. The summed E-state index contributed by atoms with van der Waals surface area (Å²) in [6.07, 6.45) is 2.82. The van der Waals surface area contributed by atoms with Gasteiger partial charge in [0.25, 0.3) is 0 Å². The van der Waals surface area contributed by atoms with Gasteiger partial charge in [0.15, 0.2) is 0 Å². The Morgan fingerprint density at radius 2 is 1.94 bits per heavy atom. The van der Waals surface area contributed by atoms with E-state index in [0.717, 1.165) is 6.42 Å². The van der Waals surface area contributed by atoms with E-state index in [4.69, 9.17) is 5.11 Å². The second-order valence-corrected chi connectivity index (χ2v) is 4.73. The van der Waals surface area contributed by atoms with Crippen LogP contribution in [0.2, 0.25) is 0 Å². The SMILES string of the molecule is CC[C@H]1C[C@H](C(=O)O)CCC1(CC)C(=O)O. The van der Waals surface area contributed by atoms with Gasteiger partial charge in [0.2, 0.25) is 0 Å². The molecular weight excluding hydrogens is 208 g/mol. The quantitative estimate of drug-likeness (QED) is 0.774. The highest BCUT2D eigenvalue weighted by Crippen LogP contribution is 2.47. The van der Waals surface area contributed by atoms with Gasteiger partial charge in [0.1, 0.15) is 0 Å². The molecule has 0 spiro atoms. The summed E-state index contributed by atoms with van der Waals surface area (Å²) >= 11 is 0. The van der Waals surface area contributed by atoms with Gasteiger partial charge in [0, 0.05) is 0 Å². The van der Waals surface area contributed by atoms with Crippen molar-refractivity contribution in [3.05, 3.63) is 0 Å². The lowest BCUT2D eigenvalue weighted by molar-refractivity contribution is -0.161. The van der Waals surface area contributed by atoms with Crippen LogP contribution in [-0.4, -0.2) is 22.2 Å². The topological polar surface area (TPSA) is 74.6 Å². The van der Waals surface area contributed by atoms with Crippen molar-refractivity contribution in [1.82, 2.24) is 0 Å². The van der Waals surface area contributed by atoms with Crippen LogP contribution in [-0.2, 0) is 9.59 Å². The average molecular weight is 228 g/mol. The number of hydrogen-bond acceptors (Lipinski definition) is 2. The first kappa shape index (κ1) is 13.0. The molecule has 1 unspecified atom stereocenters. The molecule has 16 heavy (non-hydrogen) atoms. The Labute approximate surface area is 95.7 Å². The summed E-state index contributed by atoms with van der Waals surface area (Å²) in [4.78, 5) is 22.3. The zero-order valence-corrected chi connectivity index (χ0v) is 9.90. The standard InChI is InChI=1S/C12H20O4/c1-3-9-7-8(10(13)14)5-6-12(9,4-2)11(15)16/h8-9H,3-7H2,1-2H3,(H,13,14)(H,15,16)/t8-,9+,12?/m1/s1. The molecule has 0 aromatic carbocycles. The van der Waals surface area contributed by atoms with E-state index in [1.54, 1.807) is 0 Å². The summed E-state index contributed by atoms with van der Waals surface area (Å²) in [6.45, 7) is 3.83. The lowest BCUT2D eigenvalue weighted by atomic mass is 9.61. The second-order valence-electron chi connectivity index (χ2n) is 4.73. The smallest absolute Gasteiger partial charge is 0.309 e. The Kier molecular flexibility index (Phi) is 3.94. The summed E-state index contributed by atoms with van der Waals surface area (Å²) < 4.78 is 0. The maximum Gasteiger partial charge on any atom is 0.309 e. The summed E-state index contributed by atoms with van der Waals surface area (Å²) in [5.41, 5.74) is -0.694. The molecule has 1 aliphatic carbocycles. The molecular formula is C12H20O4. The van der Waals surface area contributed by atoms with Crippen molar-refractivity contribution in [3.63, 3.8) is 0 Å². The molecule has 4 heteroatoms. The molecule has 2 N–H and O–H groups in total. The molecule has 0 bridgehead atoms. The van der Waals surface area contributed by atoms with Crippen LogP contribution in [0.1, 0.15) is 46.0 Å². The van der Waals surface area contributed by atoms with E-state index in [1.165, 1.54) is 0 Å². The largest absolute Gasteiger partial charge is 0.481 e. The Morgan fingerprint density at radius 3 is 2.31 bits per heavy atom. The highest BCUT2D eigenvalue weighted by Gasteiger charge is 2.48. The van der Waals surface area contributed by atoms with Gasteiger partial charge < -0.3 is 10.2 Å². The molecule has 0 radical (unpaired) electrons. The summed E-state index contributed by atoms with van der Waals surface area (Å²) in [5, 5.41) is 18.4. The van der Waals surface area contributed by atoms with Crippen molar-refractivity contribution in [2.24, 2.45) is 17.3 Å². The predicted molar refractivity (Wildman–Crippen MR) is 59.1 cm³/mol. The molecule has 0 amide bonds. The minimum atomic E-state index is -0.784. The minimum Gasteiger partial charge on any atom is -0.481 e. The zero-order valence-electron chi connectivity index (χ0n) is 9.90. The summed E-state index contributed by atoms with van der Waals surface area (Å²) in [7, 11) is 0. The van der Waals surface area contributed by atoms with Crippen LogP contribution in [0.25, 0.3) is 0 Å². The molecule has 1 rings (SSSR count). The van der Waals surface area contributed by atoms with Crippen LogP contribution in [0.3, 0.4) is 0 Å². The van der Waals surface area contributed by atoms with Crippen molar-refractivity contribution < 1.29 is 19.8 Å². The monoisotopic (exact) mass is 228 g/mol. The fourth-order valence-electron chi connectivity index (χ4n) is 3.00. The fourth-order valence-corrected chi connectivity index (χ4v) is 3.00. The van der Waals surface area contributed by atoms with E-state index in [9.17, 15) is 14.7 Å². The van der Waals surface area contributed by atoms with E-state index in [0.29, 0.717) is 25.7 Å². The van der Waals surface area contributed by atoms with Gasteiger partial charge in [-0.1, -0.05) is 20.3 Å². The molecule has 92 valence electrons. The number of carbonyl (C=O) groups is 2. The van der Waals surface area contributed by atoms with Gasteiger partial charge >= 0.3 is 11.9 Å². The third kappa shape index (κ3) is 2.06. The van der Waals surface area contributed by atoms with Crippen LogP contribution in [0.5, 0.6) is 0 Å². The van der Waals surface area contributed by atoms with Crippen molar-refractivity contribution in [3.8, 4) is 0 Å². The highest BCUT2D eigenvalue weighted by atomic mass is 16.4. The molecule has 1 aliphatic rings. The third-order valence-electron chi connectivity index (χ3n) is 4.19. The molecule has 3 atom stereocenters. The van der Waals surface area contributed by atoms with Gasteiger partial charge in [0.05, 0.1) is 11.3 Å². The average Bonchev–Trinajstić information content (AvgIpc) is 2.27. The molecule has 0 saturated heterocycles. The number of carboxylic acid groups (broad SMARTS) is 2. The number of aliphatic carboxylic acids is 2. The maximum atomic E-state index is 11.4. The second kappa shape index (κ2) is 4.85. The Morgan fingerprint density at radius 1 is 1.31 bits per heavy atom. The van der Waals surface area contributed by atoms with E-state index < -0.39 is 17.4 Å². The Balaban J connectivity index is 2.90. The Bertz CT molecular complexity index is 287. The van der Waals surface area contributed by atoms with E-state index in [-0.39, 0.29) is 11.8 Å². The highest BCUT2D eigenvalue weighted by molar-refractivity contribution is 5.76. The van der Waals surface area contributed by atoms with Gasteiger partial charge in [-0.15, -0.1) is 0 Å². The zero-order chi connectivity index (χ0) is 12.3. The molecule has 0 heterocycles. The van der Waals surface area contributed by atoms with Crippen molar-refractivity contribution in [2.45, 2.75) is 46.0 Å². The number of hydrogen-bond donors (Lipinski definition) is 2. The molecule has 1 saturated carbocycles. The maximum absolute atomic E-state index is 11.4. The van der Waals surface area contributed by atoms with Crippen molar-refractivity contribution in [1.29, 1.82) is 0 Å². The van der Waals surface area contributed by atoms with Crippen LogP contribution in [0.4, 0.5) is 0 Å². The fraction of sp³-hybridized carbons (Fsp3) is 0.833. The normalized spacial score (nSPS) is 34.6.